The molecule has 0 aliphatic carbocycles. The Bertz CT molecular complexity index is 623. The number of benzene rings is 1. The number of carbonyl (C=O) groups excluding carboxylic acids is 1. The molecule has 0 radical (unpaired) electrons. The highest BCUT2D eigenvalue weighted by molar-refractivity contribution is 5.68. The van der Waals surface area contributed by atoms with Crippen LogP contribution in [0.4, 0.5) is 4.79 Å². The summed E-state index contributed by atoms with van der Waals surface area (Å²) >= 11 is 0. The highest BCUT2D eigenvalue weighted by Gasteiger charge is 2.59. The fraction of sp³-hybridized carbons (Fsp3) is 0.500. The van der Waals surface area contributed by atoms with Crippen molar-refractivity contribution in [2.45, 2.75) is 44.5 Å². The van der Waals surface area contributed by atoms with Crippen LogP contribution in [0.5, 0.6) is 0 Å². The zero-order chi connectivity index (χ0) is 15.8. The zero-order valence-corrected chi connectivity index (χ0v) is 13.3. The topological polar surface area (TPSA) is 42.1 Å². The molecule has 0 spiro atoms. The van der Waals surface area contributed by atoms with Gasteiger partial charge in [0, 0.05) is 18.5 Å². The van der Waals surface area contributed by atoms with E-state index in [0.29, 0.717) is 13.1 Å². The van der Waals surface area contributed by atoms with Gasteiger partial charge in [-0.25, -0.2) is 4.79 Å². The number of amides is 1. The van der Waals surface area contributed by atoms with E-state index in [-0.39, 0.29) is 17.8 Å². The van der Waals surface area contributed by atoms with Crippen LogP contribution in [-0.4, -0.2) is 41.4 Å². The van der Waals surface area contributed by atoms with Gasteiger partial charge in [-0.05, 0) is 32.9 Å². The van der Waals surface area contributed by atoms with Crippen molar-refractivity contribution in [2.75, 3.05) is 13.1 Å². The quantitative estimate of drug-likeness (QED) is 0.546. The van der Waals surface area contributed by atoms with Crippen LogP contribution >= 0.6 is 0 Å². The fourth-order valence-corrected chi connectivity index (χ4v) is 2.58. The van der Waals surface area contributed by atoms with E-state index in [0.717, 1.165) is 12.0 Å². The molecule has 1 amide bonds. The van der Waals surface area contributed by atoms with Gasteiger partial charge < -0.3 is 14.4 Å². The van der Waals surface area contributed by atoms with E-state index in [1.165, 1.54) is 0 Å². The molecule has 2 heterocycles. The average molecular weight is 299 g/mol. The van der Waals surface area contributed by atoms with E-state index >= 15 is 0 Å². The average Bonchev–Trinajstić information content (AvgIpc) is 3.18. The molecule has 0 bridgehead atoms. The van der Waals surface area contributed by atoms with E-state index in [1.807, 2.05) is 51.1 Å². The third-order valence-corrected chi connectivity index (χ3v) is 3.80. The minimum absolute atomic E-state index is 0.00461. The van der Waals surface area contributed by atoms with Crippen LogP contribution in [0.2, 0.25) is 0 Å². The van der Waals surface area contributed by atoms with Crippen molar-refractivity contribution in [2.24, 2.45) is 0 Å². The number of epoxide rings is 1. The normalized spacial score (nSPS) is 26.5. The van der Waals surface area contributed by atoms with Crippen LogP contribution < -0.4 is 0 Å². The lowest BCUT2D eigenvalue weighted by atomic mass is 9.97. The summed E-state index contributed by atoms with van der Waals surface area (Å²) in [5.41, 5.74) is 0.151. The van der Waals surface area contributed by atoms with Gasteiger partial charge in [-0.2, -0.15) is 0 Å². The third-order valence-electron chi connectivity index (χ3n) is 3.80. The molecule has 1 aromatic rings. The van der Waals surface area contributed by atoms with Crippen LogP contribution in [0.15, 0.2) is 30.3 Å². The van der Waals surface area contributed by atoms with E-state index in [2.05, 4.69) is 11.8 Å². The van der Waals surface area contributed by atoms with Gasteiger partial charge in [0.05, 0.1) is 6.54 Å². The van der Waals surface area contributed by atoms with Crippen LogP contribution in [0.25, 0.3) is 0 Å². The predicted molar refractivity (Wildman–Crippen MR) is 83.3 cm³/mol. The standard InChI is InChI=1S/C18H21NO3/c1-17(2,3)22-16(20)19-12-11-18(15(13-19)21-18)10-9-14-7-5-4-6-8-14/h4-8,15H,11-13H2,1-3H3/t15-,18+/m0/s1. The molecule has 2 saturated heterocycles. The van der Waals surface area contributed by atoms with Crippen LogP contribution in [0, 0.1) is 11.8 Å². The first-order valence-electron chi connectivity index (χ1n) is 7.62. The smallest absolute Gasteiger partial charge is 0.410 e. The number of rotatable bonds is 0. The molecule has 2 aliphatic heterocycles. The Kier molecular flexibility index (Phi) is 3.62. The summed E-state index contributed by atoms with van der Waals surface area (Å²) in [4.78, 5) is 13.8. The van der Waals surface area contributed by atoms with Gasteiger partial charge in [0.2, 0.25) is 0 Å². The second-order valence-corrected chi connectivity index (χ2v) is 6.79. The first-order chi connectivity index (χ1) is 10.4. The van der Waals surface area contributed by atoms with Gasteiger partial charge >= 0.3 is 6.09 Å². The Morgan fingerprint density at radius 3 is 2.73 bits per heavy atom. The summed E-state index contributed by atoms with van der Waals surface area (Å²) < 4.78 is 11.2. The molecule has 2 atom stereocenters. The minimum atomic E-state index is -0.469. The number of hydrogen-bond donors (Lipinski definition) is 0. The van der Waals surface area contributed by atoms with Crippen molar-refractivity contribution in [1.29, 1.82) is 0 Å². The number of ether oxygens (including phenoxy) is 2. The Morgan fingerprint density at radius 1 is 1.36 bits per heavy atom. The summed E-state index contributed by atoms with van der Waals surface area (Å²) in [6.45, 7) is 6.79. The summed E-state index contributed by atoms with van der Waals surface area (Å²) in [5, 5.41) is 0. The lowest BCUT2D eigenvalue weighted by Crippen LogP contribution is -2.44. The van der Waals surface area contributed by atoms with Crippen molar-refractivity contribution in [3.8, 4) is 11.8 Å². The van der Waals surface area contributed by atoms with Crippen LogP contribution in [-0.2, 0) is 9.47 Å². The maximum Gasteiger partial charge on any atom is 0.410 e. The summed E-state index contributed by atoms with van der Waals surface area (Å²) in [5.74, 6) is 6.41. The summed E-state index contributed by atoms with van der Waals surface area (Å²) in [6.07, 6.45) is 0.467. The summed E-state index contributed by atoms with van der Waals surface area (Å²) in [6, 6.07) is 9.88. The first-order valence-corrected chi connectivity index (χ1v) is 7.62. The molecule has 2 aliphatic rings. The molecule has 0 unspecified atom stereocenters. The second kappa shape index (κ2) is 5.33. The van der Waals surface area contributed by atoms with E-state index in [1.54, 1.807) is 4.90 Å². The molecule has 3 rings (SSSR count). The Hall–Kier alpha value is -1.99. The largest absolute Gasteiger partial charge is 0.444 e. The second-order valence-electron chi connectivity index (χ2n) is 6.79. The predicted octanol–water partition coefficient (Wildman–Crippen LogP) is 2.82. The number of hydrogen-bond acceptors (Lipinski definition) is 3. The van der Waals surface area contributed by atoms with E-state index < -0.39 is 5.60 Å². The minimum Gasteiger partial charge on any atom is -0.444 e. The number of nitrogens with zero attached hydrogens (tertiary/aromatic N) is 1. The van der Waals surface area contributed by atoms with E-state index in [4.69, 9.17) is 9.47 Å². The molecule has 116 valence electrons. The number of fused-ring (bicyclic) bond motifs is 1. The molecule has 1 aromatic carbocycles. The Morgan fingerprint density at radius 2 is 2.09 bits per heavy atom. The maximum atomic E-state index is 12.1. The van der Waals surface area contributed by atoms with Gasteiger partial charge in [-0.15, -0.1) is 0 Å². The zero-order valence-electron chi connectivity index (χ0n) is 13.3. The molecule has 0 N–H and O–H groups in total. The molecule has 22 heavy (non-hydrogen) atoms. The SMILES string of the molecule is CC(C)(C)OC(=O)N1CC[C@@]2(C#Cc3ccccc3)O[C@H]2C1. The van der Waals surface area contributed by atoms with Crippen molar-refractivity contribution >= 4 is 6.09 Å². The number of likely N-dealkylation sites (tertiary alicyclic amines) is 1. The number of piperidine rings is 1. The van der Waals surface area contributed by atoms with E-state index in [9.17, 15) is 4.79 Å². The van der Waals surface area contributed by atoms with Gasteiger partial charge in [-0.3, -0.25) is 0 Å². The Labute approximate surface area is 131 Å². The molecule has 0 saturated carbocycles. The molecular weight excluding hydrogens is 278 g/mol. The third kappa shape index (κ3) is 3.26. The van der Waals surface area contributed by atoms with Crippen molar-refractivity contribution < 1.29 is 14.3 Å². The lowest BCUT2D eigenvalue weighted by Gasteiger charge is -2.29. The highest BCUT2D eigenvalue weighted by Crippen LogP contribution is 2.43. The molecule has 4 heteroatoms. The molecule has 4 nitrogen and oxygen atoms in total. The van der Waals surface area contributed by atoms with Gasteiger partial charge in [-0.1, -0.05) is 30.0 Å². The summed E-state index contributed by atoms with van der Waals surface area (Å²) in [7, 11) is 0. The lowest BCUT2D eigenvalue weighted by molar-refractivity contribution is 0.0224. The van der Waals surface area contributed by atoms with Gasteiger partial charge in [0.1, 0.15) is 11.7 Å². The van der Waals surface area contributed by atoms with Crippen LogP contribution in [0.1, 0.15) is 32.8 Å². The Balaban J connectivity index is 1.60. The number of carbonyl (C=O) groups is 1. The van der Waals surface area contributed by atoms with Gasteiger partial charge in [0.15, 0.2) is 5.60 Å². The highest BCUT2D eigenvalue weighted by atomic mass is 16.6. The molecule has 0 aromatic heterocycles. The molecular formula is C18H21NO3. The van der Waals surface area contributed by atoms with Crippen molar-refractivity contribution in [3.05, 3.63) is 35.9 Å². The first kappa shape index (κ1) is 14.9. The van der Waals surface area contributed by atoms with Crippen molar-refractivity contribution in [1.82, 2.24) is 4.90 Å². The van der Waals surface area contributed by atoms with Gasteiger partial charge in [0.25, 0.3) is 0 Å². The monoisotopic (exact) mass is 299 g/mol. The maximum absolute atomic E-state index is 12.1. The molecule has 2 fully saturated rings. The van der Waals surface area contributed by atoms with Crippen molar-refractivity contribution in [3.63, 3.8) is 0 Å². The fourth-order valence-electron chi connectivity index (χ4n) is 2.58. The van der Waals surface area contributed by atoms with Crippen LogP contribution in [0.3, 0.4) is 0 Å².